The highest BCUT2D eigenvalue weighted by Gasteiger charge is 2.30. The van der Waals surface area contributed by atoms with Crippen LogP contribution < -0.4 is 0 Å². The lowest BCUT2D eigenvalue weighted by Gasteiger charge is -2.16. The summed E-state index contributed by atoms with van der Waals surface area (Å²) in [4.78, 5) is 54.6. The number of carboxylic acids is 1. The molecule has 0 radical (unpaired) electrons. The van der Waals surface area contributed by atoms with E-state index in [4.69, 9.17) is 15.3 Å². The van der Waals surface area contributed by atoms with E-state index in [-0.39, 0.29) is 35.3 Å². The topological polar surface area (TPSA) is 174 Å². The van der Waals surface area contributed by atoms with Crippen LogP contribution in [0.3, 0.4) is 0 Å². The third-order valence-electron chi connectivity index (χ3n) is 4.47. The van der Waals surface area contributed by atoms with Gasteiger partial charge in [0.05, 0.1) is 55.3 Å². The summed E-state index contributed by atoms with van der Waals surface area (Å²) in [7, 11) is 2.60. The first-order chi connectivity index (χ1) is 16.4. The highest BCUT2D eigenvalue weighted by Crippen LogP contribution is 2.21. The fourth-order valence-corrected chi connectivity index (χ4v) is 2.25. The van der Waals surface area contributed by atoms with Crippen LogP contribution in [0.1, 0.15) is 65.6 Å². The predicted molar refractivity (Wildman–Crippen MR) is 120 cm³/mol. The van der Waals surface area contributed by atoms with Crippen LogP contribution in [0.15, 0.2) is 42.5 Å². The summed E-state index contributed by atoms with van der Waals surface area (Å²) in [6.45, 7) is 3.69. The van der Waals surface area contributed by atoms with Crippen molar-refractivity contribution in [3.05, 3.63) is 70.3 Å². The molecule has 0 spiro atoms. The van der Waals surface area contributed by atoms with Crippen molar-refractivity contribution in [2.75, 3.05) is 27.4 Å². The average Bonchev–Trinajstić information content (AvgIpc) is 3.16. The third-order valence-corrected chi connectivity index (χ3v) is 4.47. The highest BCUT2D eigenvalue weighted by molar-refractivity contribution is 6.15. The van der Waals surface area contributed by atoms with Gasteiger partial charge in [0.1, 0.15) is 0 Å². The molecule has 0 fully saturated rings. The molecule has 11 heteroatoms. The van der Waals surface area contributed by atoms with Crippen LogP contribution in [0.5, 0.6) is 0 Å². The van der Waals surface area contributed by atoms with Gasteiger partial charge < -0.3 is 29.5 Å². The van der Waals surface area contributed by atoms with E-state index >= 15 is 0 Å². The van der Waals surface area contributed by atoms with E-state index in [0.717, 1.165) is 6.07 Å². The van der Waals surface area contributed by atoms with Crippen LogP contribution in [-0.2, 0) is 14.2 Å². The van der Waals surface area contributed by atoms with Crippen molar-refractivity contribution < 1.29 is 53.5 Å². The van der Waals surface area contributed by atoms with Gasteiger partial charge in [0.15, 0.2) is 0 Å². The molecule has 0 aliphatic carbocycles. The number of benzene rings is 2. The van der Waals surface area contributed by atoms with E-state index in [0.29, 0.717) is 11.1 Å². The van der Waals surface area contributed by atoms with Crippen LogP contribution in [-0.4, -0.2) is 72.6 Å². The van der Waals surface area contributed by atoms with Gasteiger partial charge in [0.2, 0.25) is 0 Å². The molecule has 1 heterocycles. The Kier molecular flexibility index (Phi) is 10.7. The fraction of sp³-hybridized carbons (Fsp3) is 0.292. The van der Waals surface area contributed by atoms with Crippen molar-refractivity contribution in [1.29, 1.82) is 0 Å². The number of carboxylic acid groups (broad SMARTS) is 1. The van der Waals surface area contributed by atoms with Gasteiger partial charge in [-0.15, -0.1) is 0 Å². The molecule has 3 N–H and O–H groups in total. The first-order valence-corrected chi connectivity index (χ1v) is 10.0. The zero-order valence-electron chi connectivity index (χ0n) is 19.6. The molecule has 0 atom stereocenters. The lowest BCUT2D eigenvalue weighted by atomic mass is 9.97. The Balaban J connectivity index is 0.000000279. The molecule has 0 bridgehead atoms. The summed E-state index contributed by atoms with van der Waals surface area (Å²) in [6, 6.07) is 9.70. The van der Waals surface area contributed by atoms with Crippen molar-refractivity contribution in [1.82, 2.24) is 0 Å². The fourth-order valence-electron chi connectivity index (χ4n) is 2.25. The molecule has 0 aromatic heterocycles. The maximum absolute atomic E-state index is 11.0. The van der Waals surface area contributed by atoms with E-state index in [1.165, 1.54) is 50.6 Å². The number of fused-ring (bicyclic) bond motifs is 1. The highest BCUT2D eigenvalue weighted by atomic mass is 16.6. The minimum Gasteiger partial charge on any atom is -0.478 e. The maximum atomic E-state index is 11.0. The third kappa shape index (κ3) is 8.32. The summed E-state index contributed by atoms with van der Waals surface area (Å²) >= 11 is 0. The molecule has 1 aliphatic heterocycles. The average molecular weight is 490 g/mol. The van der Waals surface area contributed by atoms with Crippen LogP contribution >= 0.6 is 0 Å². The van der Waals surface area contributed by atoms with E-state index in [1.807, 2.05) is 0 Å². The van der Waals surface area contributed by atoms with Crippen molar-refractivity contribution in [2.24, 2.45) is 5.41 Å². The molecule has 3 rings (SSSR count). The summed E-state index contributed by atoms with van der Waals surface area (Å²) in [6.07, 6.45) is 0. The molecule has 11 nitrogen and oxygen atoms in total. The number of ether oxygens (including phenoxy) is 3. The van der Waals surface area contributed by atoms with Crippen molar-refractivity contribution >= 4 is 29.8 Å². The number of esters is 4. The van der Waals surface area contributed by atoms with Crippen molar-refractivity contribution in [2.45, 2.75) is 13.8 Å². The monoisotopic (exact) mass is 490 g/mol. The van der Waals surface area contributed by atoms with Crippen LogP contribution in [0.25, 0.3) is 0 Å². The Morgan fingerprint density at radius 1 is 0.771 bits per heavy atom. The van der Waals surface area contributed by atoms with Gasteiger partial charge in [-0.2, -0.15) is 0 Å². The number of methoxy groups -OCH3 is 2. The zero-order chi connectivity index (χ0) is 26.8. The van der Waals surface area contributed by atoms with Crippen molar-refractivity contribution in [3.8, 4) is 0 Å². The van der Waals surface area contributed by atoms with E-state index < -0.39 is 29.8 Å². The minimum absolute atomic E-state index is 0.00917. The van der Waals surface area contributed by atoms with E-state index in [1.54, 1.807) is 13.8 Å². The first-order valence-electron chi connectivity index (χ1n) is 10.0. The van der Waals surface area contributed by atoms with E-state index in [2.05, 4.69) is 14.2 Å². The predicted octanol–water partition coefficient (Wildman–Crippen LogP) is 1.95. The second-order valence-electron chi connectivity index (χ2n) is 7.78. The molecule has 2 aromatic carbocycles. The number of aromatic carboxylic acids is 1. The SMILES string of the molecule is CC(C)(CO)CO.COC(=O)c1ccc(C(=O)OC)cc1.O=C(O)c1ccc2c(c1)C(=O)OC2=O. The Hall–Kier alpha value is -4.09. The summed E-state index contributed by atoms with van der Waals surface area (Å²) in [5.41, 5.74) is 0.575. The summed E-state index contributed by atoms with van der Waals surface area (Å²) in [5.74, 6) is -3.54. The van der Waals surface area contributed by atoms with Gasteiger partial charge in [0.25, 0.3) is 0 Å². The molecule has 188 valence electrons. The van der Waals surface area contributed by atoms with Gasteiger partial charge in [0, 0.05) is 5.41 Å². The number of cyclic esters (lactones) is 2. The second-order valence-corrected chi connectivity index (χ2v) is 7.78. The molecule has 0 saturated heterocycles. The molecule has 0 amide bonds. The Morgan fingerprint density at radius 2 is 1.17 bits per heavy atom. The standard InChI is InChI=1S/C10H10O4.C9H4O5.C5H12O2/c1-13-9(11)7-3-5-8(6-4-7)10(12)14-2;10-7(11)4-1-2-5-6(3-4)9(13)14-8(5)12;1-5(2,3-6)4-7/h3-6H,1-2H3;1-3H,(H,10,11);6-7H,3-4H2,1-2H3. The van der Waals surface area contributed by atoms with Crippen molar-refractivity contribution in [3.63, 3.8) is 0 Å². The minimum atomic E-state index is -1.15. The van der Waals surface area contributed by atoms with Gasteiger partial charge in [-0.05, 0) is 42.5 Å². The van der Waals surface area contributed by atoms with Gasteiger partial charge in [-0.1, -0.05) is 13.8 Å². The molecule has 0 unspecified atom stereocenters. The van der Waals surface area contributed by atoms with Crippen LogP contribution in [0.2, 0.25) is 0 Å². The molecule has 0 saturated carbocycles. The molecular formula is C24H26O11. The number of aliphatic hydroxyl groups excluding tert-OH is 2. The number of carbonyl (C=O) groups is 5. The lowest BCUT2D eigenvalue weighted by Crippen LogP contribution is -2.20. The largest absolute Gasteiger partial charge is 0.478 e. The summed E-state index contributed by atoms with van der Waals surface area (Å²) < 4.78 is 13.3. The van der Waals surface area contributed by atoms with E-state index in [9.17, 15) is 24.0 Å². The van der Waals surface area contributed by atoms with Gasteiger partial charge in [-0.25, -0.2) is 24.0 Å². The number of aliphatic hydroxyl groups is 2. The summed E-state index contributed by atoms with van der Waals surface area (Å²) in [5, 5.41) is 25.5. The van der Waals surface area contributed by atoms with Gasteiger partial charge in [-0.3, -0.25) is 0 Å². The van der Waals surface area contributed by atoms with Crippen LogP contribution in [0.4, 0.5) is 0 Å². The zero-order valence-corrected chi connectivity index (χ0v) is 19.6. The Morgan fingerprint density at radius 3 is 1.51 bits per heavy atom. The molecule has 2 aromatic rings. The molecular weight excluding hydrogens is 464 g/mol. The Labute approximate surface area is 200 Å². The second kappa shape index (κ2) is 13.0. The Bertz CT molecular complexity index is 1040. The smallest absolute Gasteiger partial charge is 0.346 e. The first kappa shape index (κ1) is 28.9. The number of hydrogen-bond acceptors (Lipinski definition) is 10. The number of carbonyl (C=O) groups excluding carboxylic acids is 4. The normalized spacial score (nSPS) is 11.6. The van der Waals surface area contributed by atoms with Crippen LogP contribution in [0, 0.1) is 5.41 Å². The maximum Gasteiger partial charge on any atom is 0.346 e. The quantitative estimate of drug-likeness (QED) is 0.317. The lowest BCUT2D eigenvalue weighted by molar-refractivity contribution is 0.0441. The molecule has 1 aliphatic rings. The number of rotatable bonds is 5. The molecule has 35 heavy (non-hydrogen) atoms. The van der Waals surface area contributed by atoms with Gasteiger partial charge >= 0.3 is 29.8 Å². The number of hydrogen-bond donors (Lipinski definition) is 3.